The Labute approximate surface area is 125 Å². The number of carbonyl (C=O) groups excluding carboxylic acids is 1. The number of hydrogen-bond donors (Lipinski definition) is 2. The average Bonchev–Trinajstić information content (AvgIpc) is 3.00. The SMILES string of the molecule is CCC(NC(=O)CCc1nc(-c2ncccn2)no1)C(=O)O. The Morgan fingerprint density at radius 3 is 2.68 bits per heavy atom. The van der Waals surface area contributed by atoms with Gasteiger partial charge in [0.1, 0.15) is 6.04 Å². The van der Waals surface area contributed by atoms with Crippen LogP contribution in [0.4, 0.5) is 0 Å². The molecule has 0 aliphatic rings. The molecule has 1 amide bonds. The number of rotatable bonds is 7. The third-order valence-electron chi connectivity index (χ3n) is 2.84. The minimum absolute atomic E-state index is 0.0566. The van der Waals surface area contributed by atoms with Gasteiger partial charge in [0.2, 0.25) is 23.4 Å². The Hall–Kier alpha value is -2.84. The van der Waals surface area contributed by atoms with Gasteiger partial charge in [0.25, 0.3) is 0 Å². The number of carboxylic acids is 1. The van der Waals surface area contributed by atoms with Gasteiger partial charge in [0, 0.05) is 25.2 Å². The van der Waals surface area contributed by atoms with Gasteiger partial charge in [-0.05, 0) is 12.5 Å². The molecule has 0 radical (unpaired) electrons. The van der Waals surface area contributed by atoms with Crippen LogP contribution < -0.4 is 5.32 Å². The number of aromatic nitrogens is 4. The lowest BCUT2D eigenvalue weighted by molar-refractivity contribution is -0.141. The van der Waals surface area contributed by atoms with Gasteiger partial charge in [-0.2, -0.15) is 4.98 Å². The summed E-state index contributed by atoms with van der Waals surface area (Å²) in [5.41, 5.74) is 0. The number of carbonyl (C=O) groups is 2. The number of hydrogen-bond acceptors (Lipinski definition) is 7. The number of nitrogens with zero attached hydrogens (tertiary/aromatic N) is 4. The molecule has 0 aromatic carbocycles. The molecule has 0 aliphatic carbocycles. The third-order valence-corrected chi connectivity index (χ3v) is 2.84. The molecule has 2 rings (SSSR count). The first-order valence-corrected chi connectivity index (χ1v) is 6.72. The monoisotopic (exact) mass is 305 g/mol. The number of aryl methyl sites for hydroxylation is 1. The van der Waals surface area contributed by atoms with E-state index in [1.165, 1.54) is 0 Å². The molecule has 0 bridgehead atoms. The van der Waals surface area contributed by atoms with Gasteiger partial charge in [0.15, 0.2) is 0 Å². The molecule has 116 valence electrons. The van der Waals surface area contributed by atoms with Crippen molar-refractivity contribution in [2.24, 2.45) is 0 Å². The Bertz CT molecular complexity index is 643. The van der Waals surface area contributed by atoms with Crippen LogP contribution in [0.2, 0.25) is 0 Å². The summed E-state index contributed by atoms with van der Waals surface area (Å²) in [7, 11) is 0. The molecule has 2 aromatic rings. The lowest BCUT2D eigenvalue weighted by atomic mass is 10.2. The molecule has 0 aliphatic heterocycles. The van der Waals surface area contributed by atoms with Crippen LogP contribution in [0.1, 0.15) is 25.7 Å². The highest BCUT2D eigenvalue weighted by atomic mass is 16.5. The quantitative estimate of drug-likeness (QED) is 0.753. The van der Waals surface area contributed by atoms with Crippen LogP contribution in [-0.2, 0) is 16.0 Å². The fourth-order valence-corrected chi connectivity index (χ4v) is 1.69. The minimum Gasteiger partial charge on any atom is -0.480 e. The van der Waals surface area contributed by atoms with Crippen molar-refractivity contribution < 1.29 is 19.2 Å². The van der Waals surface area contributed by atoms with Crippen LogP contribution in [-0.4, -0.2) is 43.1 Å². The number of nitrogens with one attached hydrogen (secondary N) is 1. The van der Waals surface area contributed by atoms with E-state index in [-0.39, 0.29) is 30.5 Å². The van der Waals surface area contributed by atoms with Crippen molar-refractivity contribution in [1.82, 2.24) is 25.4 Å². The number of aliphatic carboxylic acids is 1. The second-order valence-electron chi connectivity index (χ2n) is 4.45. The van der Waals surface area contributed by atoms with Gasteiger partial charge in [-0.1, -0.05) is 12.1 Å². The van der Waals surface area contributed by atoms with Gasteiger partial charge >= 0.3 is 5.97 Å². The van der Waals surface area contributed by atoms with Gasteiger partial charge in [-0.3, -0.25) is 4.79 Å². The lowest BCUT2D eigenvalue weighted by Gasteiger charge is -2.11. The molecule has 0 saturated carbocycles. The topological polar surface area (TPSA) is 131 Å². The van der Waals surface area contributed by atoms with E-state index in [0.29, 0.717) is 12.2 Å². The number of amides is 1. The van der Waals surface area contributed by atoms with Gasteiger partial charge < -0.3 is 14.9 Å². The Kier molecular flexibility index (Phi) is 5.12. The molecule has 2 aromatic heterocycles. The minimum atomic E-state index is -1.06. The molecule has 1 atom stereocenters. The van der Waals surface area contributed by atoms with Crippen LogP contribution in [0.5, 0.6) is 0 Å². The Balaban J connectivity index is 1.89. The van der Waals surface area contributed by atoms with Crippen LogP contribution >= 0.6 is 0 Å². The van der Waals surface area contributed by atoms with E-state index in [0.717, 1.165) is 0 Å². The highest BCUT2D eigenvalue weighted by molar-refractivity contribution is 5.83. The van der Waals surface area contributed by atoms with Crippen molar-refractivity contribution in [2.75, 3.05) is 0 Å². The van der Waals surface area contributed by atoms with Gasteiger partial charge in [0.05, 0.1) is 0 Å². The molecule has 0 spiro atoms. The standard InChI is InChI=1S/C13H15N5O4/c1-2-8(13(20)21)16-9(19)4-5-10-17-12(18-22-10)11-14-6-3-7-15-11/h3,6-8H,2,4-5H2,1H3,(H,16,19)(H,20,21). The van der Waals surface area contributed by atoms with E-state index in [1.54, 1.807) is 25.4 Å². The van der Waals surface area contributed by atoms with E-state index in [4.69, 9.17) is 9.63 Å². The molecule has 22 heavy (non-hydrogen) atoms. The summed E-state index contributed by atoms with van der Waals surface area (Å²) in [5, 5.41) is 15.0. The van der Waals surface area contributed by atoms with Crippen molar-refractivity contribution in [2.45, 2.75) is 32.2 Å². The van der Waals surface area contributed by atoms with Gasteiger partial charge in [-0.15, -0.1) is 0 Å². The normalized spacial score (nSPS) is 11.9. The van der Waals surface area contributed by atoms with Crippen LogP contribution in [0, 0.1) is 0 Å². The maximum absolute atomic E-state index is 11.7. The lowest BCUT2D eigenvalue weighted by Crippen LogP contribution is -2.40. The fourth-order valence-electron chi connectivity index (χ4n) is 1.69. The largest absolute Gasteiger partial charge is 0.480 e. The van der Waals surface area contributed by atoms with Crippen molar-refractivity contribution >= 4 is 11.9 Å². The zero-order valence-corrected chi connectivity index (χ0v) is 11.9. The summed E-state index contributed by atoms with van der Waals surface area (Å²) >= 11 is 0. The molecule has 2 heterocycles. The number of carboxylic acid groups (broad SMARTS) is 1. The van der Waals surface area contributed by atoms with Crippen LogP contribution in [0.3, 0.4) is 0 Å². The van der Waals surface area contributed by atoms with E-state index >= 15 is 0 Å². The Morgan fingerprint density at radius 1 is 1.32 bits per heavy atom. The smallest absolute Gasteiger partial charge is 0.326 e. The van der Waals surface area contributed by atoms with Gasteiger partial charge in [-0.25, -0.2) is 14.8 Å². The summed E-state index contributed by atoms with van der Waals surface area (Å²) in [6.45, 7) is 1.68. The van der Waals surface area contributed by atoms with E-state index in [1.807, 2.05) is 0 Å². The summed E-state index contributed by atoms with van der Waals surface area (Å²) in [6.07, 6.45) is 3.70. The van der Waals surface area contributed by atoms with Crippen molar-refractivity contribution in [3.63, 3.8) is 0 Å². The second kappa shape index (κ2) is 7.25. The highest BCUT2D eigenvalue weighted by Gasteiger charge is 2.18. The zero-order chi connectivity index (χ0) is 15.9. The van der Waals surface area contributed by atoms with Crippen molar-refractivity contribution in [3.8, 4) is 11.6 Å². The second-order valence-corrected chi connectivity index (χ2v) is 4.45. The Morgan fingerprint density at radius 2 is 2.05 bits per heavy atom. The van der Waals surface area contributed by atoms with Crippen molar-refractivity contribution in [3.05, 3.63) is 24.4 Å². The first-order chi connectivity index (χ1) is 10.6. The molecule has 0 fully saturated rings. The van der Waals surface area contributed by atoms with E-state index < -0.39 is 12.0 Å². The van der Waals surface area contributed by atoms with Crippen molar-refractivity contribution in [1.29, 1.82) is 0 Å². The summed E-state index contributed by atoms with van der Waals surface area (Å²) in [5.74, 6) is -0.602. The fraction of sp³-hybridized carbons (Fsp3) is 0.385. The average molecular weight is 305 g/mol. The molecule has 9 nitrogen and oxygen atoms in total. The van der Waals surface area contributed by atoms with Crippen LogP contribution in [0.15, 0.2) is 23.0 Å². The maximum Gasteiger partial charge on any atom is 0.326 e. The van der Waals surface area contributed by atoms with Crippen LogP contribution in [0.25, 0.3) is 11.6 Å². The zero-order valence-electron chi connectivity index (χ0n) is 11.9. The molecule has 1 unspecified atom stereocenters. The molecule has 2 N–H and O–H groups in total. The maximum atomic E-state index is 11.7. The first-order valence-electron chi connectivity index (χ1n) is 6.72. The van der Waals surface area contributed by atoms with E-state index in [9.17, 15) is 9.59 Å². The summed E-state index contributed by atoms with van der Waals surface area (Å²) < 4.78 is 5.01. The molecule has 9 heteroatoms. The first kappa shape index (κ1) is 15.5. The summed E-state index contributed by atoms with van der Waals surface area (Å²) in [4.78, 5) is 34.6. The third kappa shape index (κ3) is 4.08. The highest BCUT2D eigenvalue weighted by Crippen LogP contribution is 2.10. The predicted octanol–water partition coefficient (Wildman–Crippen LogP) is 0.439. The predicted molar refractivity (Wildman–Crippen MR) is 73.5 cm³/mol. The van der Waals surface area contributed by atoms with E-state index in [2.05, 4.69) is 25.4 Å². The molecular formula is C13H15N5O4. The molecule has 0 saturated heterocycles. The molecular weight excluding hydrogens is 290 g/mol. The summed E-state index contributed by atoms with van der Waals surface area (Å²) in [6, 6.07) is 0.782.